The second-order valence-corrected chi connectivity index (χ2v) is 4.55. The molecule has 1 aliphatic rings. The molecule has 4 nitrogen and oxygen atoms in total. The number of ether oxygens (including phenoxy) is 2. The third kappa shape index (κ3) is 2.90. The quantitative estimate of drug-likeness (QED) is 0.779. The molecular weight excluding hydrogens is 218 g/mol. The predicted octanol–water partition coefficient (Wildman–Crippen LogP) is 1.17. The molecule has 4 heteroatoms. The van der Waals surface area contributed by atoms with E-state index in [0.717, 1.165) is 18.6 Å². The van der Waals surface area contributed by atoms with Crippen LogP contribution in [0.4, 0.5) is 0 Å². The van der Waals surface area contributed by atoms with Crippen LogP contribution in [0.15, 0.2) is 24.3 Å². The highest BCUT2D eigenvalue weighted by atomic mass is 16.5. The second-order valence-electron chi connectivity index (χ2n) is 4.55. The van der Waals surface area contributed by atoms with Crippen molar-refractivity contribution in [1.29, 1.82) is 0 Å². The first-order valence-electron chi connectivity index (χ1n) is 5.87. The zero-order chi connectivity index (χ0) is 12.3. The van der Waals surface area contributed by atoms with Gasteiger partial charge in [0.25, 0.3) is 0 Å². The van der Waals surface area contributed by atoms with E-state index < -0.39 is 5.60 Å². The predicted molar refractivity (Wildman–Crippen MR) is 65.2 cm³/mol. The number of benzene rings is 1. The molecule has 0 amide bonds. The summed E-state index contributed by atoms with van der Waals surface area (Å²) >= 11 is 0. The minimum atomic E-state index is -0.886. The lowest BCUT2D eigenvalue weighted by Gasteiger charge is -2.26. The molecule has 1 aromatic carbocycles. The molecule has 0 aromatic heterocycles. The van der Waals surface area contributed by atoms with Gasteiger partial charge in [-0.05, 0) is 30.9 Å². The third-order valence-electron chi connectivity index (χ3n) is 3.22. The highest BCUT2D eigenvalue weighted by Gasteiger charge is 2.43. The first-order valence-corrected chi connectivity index (χ1v) is 5.87. The smallest absolute Gasteiger partial charge is 0.123 e. The van der Waals surface area contributed by atoms with Gasteiger partial charge in [0, 0.05) is 12.6 Å². The molecule has 1 fully saturated rings. The van der Waals surface area contributed by atoms with Gasteiger partial charge in [-0.2, -0.15) is 0 Å². The van der Waals surface area contributed by atoms with Gasteiger partial charge < -0.3 is 20.3 Å². The average Bonchev–Trinajstić information content (AvgIpc) is 3.21. The number of hydrogen-bond donors (Lipinski definition) is 2. The minimum absolute atomic E-state index is 0.237. The number of nitrogens with two attached hydrogens (primary N) is 1. The van der Waals surface area contributed by atoms with E-state index in [1.165, 1.54) is 0 Å². The molecule has 0 aliphatic heterocycles. The van der Waals surface area contributed by atoms with Gasteiger partial charge in [-0.1, -0.05) is 6.07 Å². The minimum Gasteiger partial charge on any atom is -0.497 e. The van der Waals surface area contributed by atoms with Gasteiger partial charge in [0.2, 0.25) is 0 Å². The van der Waals surface area contributed by atoms with Gasteiger partial charge >= 0.3 is 0 Å². The van der Waals surface area contributed by atoms with Crippen molar-refractivity contribution in [2.24, 2.45) is 11.7 Å². The Morgan fingerprint density at radius 1 is 1.41 bits per heavy atom. The van der Waals surface area contributed by atoms with Crippen molar-refractivity contribution < 1.29 is 14.6 Å². The summed E-state index contributed by atoms with van der Waals surface area (Å²) in [5.74, 6) is 1.72. The Hall–Kier alpha value is -1.26. The molecule has 0 saturated heterocycles. The van der Waals surface area contributed by atoms with Crippen molar-refractivity contribution in [3.8, 4) is 11.5 Å². The summed E-state index contributed by atoms with van der Waals surface area (Å²) in [7, 11) is 1.61. The molecule has 1 unspecified atom stereocenters. The Balaban J connectivity index is 1.96. The van der Waals surface area contributed by atoms with Crippen molar-refractivity contribution in [3.05, 3.63) is 24.3 Å². The van der Waals surface area contributed by atoms with Gasteiger partial charge in [0.05, 0.1) is 7.11 Å². The van der Waals surface area contributed by atoms with Crippen molar-refractivity contribution >= 4 is 0 Å². The summed E-state index contributed by atoms with van der Waals surface area (Å²) in [5, 5.41) is 10.3. The highest BCUT2D eigenvalue weighted by Crippen LogP contribution is 2.39. The van der Waals surface area contributed by atoms with Crippen LogP contribution in [0.25, 0.3) is 0 Å². The van der Waals surface area contributed by atoms with Crippen LogP contribution in [0.3, 0.4) is 0 Å². The molecule has 0 radical (unpaired) electrons. The largest absolute Gasteiger partial charge is 0.497 e. The fraction of sp³-hybridized carbons (Fsp3) is 0.538. The lowest BCUT2D eigenvalue weighted by atomic mass is 9.99. The molecule has 0 bridgehead atoms. The molecule has 94 valence electrons. The Morgan fingerprint density at radius 3 is 2.71 bits per heavy atom. The lowest BCUT2D eigenvalue weighted by molar-refractivity contribution is -0.0162. The Labute approximate surface area is 101 Å². The van der Waals surface area contributed by atoms with E-state index >= 15 is 0 Å². The number of aliphatic hydroxyl groups is 1. The Morgan fingerprint density at radius 2 is 2.12 bits per heavy atom. The zero-order valence-corrected chi connectivity index (χ0v) is 10.1. The van der Waals surface area contributed by atoms with Crippen molar-refractivity contribution in [1.82, 2.24) is 0 Å². The second kappa shape index (κ2) is 4.94. The standard InChI is InChI=1S/C13H19NO3/c1-16-11-3-2-4-12(7-11)17-9-13(15,8-14)10-5-6-10/h2-4,7,10,15H,5-6,8-9,14H2,1H3. The number of rotatable bonds is 6. The molecule has 2 rings (SSSR count). The third-order valence-corrected chi connectivity index (χ3v) is 3.22. The summed E-state index contributed by atoms with van der Waals surface area (Å²) in [6, 6.07) is 7.34. The van der Waals surface area contributed by atoms with Crippen molar-refractivity contribution in [2.75, 3.05) is 20.3 Å². The summed E-state index contributed by atoms with van der Waals surface area (Å²) in [4.78, 5) is 0. The van der Waals surface area contributed by atoms with E-state index in [-0.39, 0.29) is 19.1 Å². The lowest BCUT2D eigenvalue weighted by Crippen LogP contribution is -2.45. The van der Waals surface area contributed by atoms with Crippen molar-refractivity contribution in [3.63, 3.8) is 0 Å². The van der Waals surface area contributed by atoms with Crippen LogP contribution in [0.5, 0.6) is 11.5 Å². The first kappa shape index (κ1) is 12.2. The molecule has 1 saturated carbocycles. The monoisotopic (exact) mass is 237 g/mol. The van der Waals surface area contributed by atoms with Crippen LogP contribution < -0.4 is 15.2 Å². The van der Waals surface area contributed by atoms with Gasteiger partial charge in [-0.15, -0.1) is 0 Å². The van der Waals surface area contributed by atoms with Crippen LogP contribution in [0.1, 0.15) is 12.8 Å². The highest BCUT2D eigenvalue weighted by molar-refractivity contribution is 5.32. The molecule has 1 aromatic rings. The topological polar surface area (TPSA) is 64.7 Å². The van der Waals surface area contributed by atoms with E-state index in [4.69, 9.17) is 15.2 Å². The van der Waals surface area contributed by atoms with Crippen LogP contribution >= 0.6 is 0 Å². The van der Waals surface area contributed by atoms with Gasteiger partial charge in [0.1, 0.15) is 23.7 Å². The molecule has 0 spiro atoms. The molecule has 0 heterocycles. The Bertz CT molecular complexity index is 379. The van der Waals surface area contributed by atoms with E-state index in [9.17, 15) is 5.11 Å². The van der Waals surface area contributed by atoms with E-state index in [1.807, 2.05) is 18.2 Å². The molecular formula is C13H19NO3. The van der Waals surface area contributed by atoms with Gasteiger partial charge in [-0.3, -0.25) is 0 Å². The number of hydrogen-bond acceptors (Lipinski definition) is 4. The maximum Gasteiger partial charge on any atom is 0.123 e. The fourth-order valence-electron chi connectivity index (χ4n) is 1.86. The van der Waals surface area contributed by atoms with E-state index in [2.05, 4.69) is 0 Å². The SMILES string of the molecule is COc1cccc(OCC(O)(CN)C2CC2)c1. The van der Waals surface area contributed by atoms with Gasteiger partial charge in [-0.25, -0.2) is 0 Å². The summed E-state index contributed by atoms with van der Waals surface area (Å²) in [5.41, 5.74) is 4.73. The zero-order valence-electron chi connectivity index (χ0n) is 10.1. The molecule has 1 aliphatic carbocycles. The van der Waals surface area contributed by atoms with Crippen LogP contribution in [-0.2, 0) is 0 Å². The van der Waals surface area contributed by atoms with Crippen LogP contribution in [-0.4, -0.2) is 31.0 Å². The Kier molecular flexibility index (Phi) is 3.54. The van der Waals surface area contributed by atoms with E-state index in [1.54, 1.807) is 13.2 Å². The van der Waals surface area contributed by atoms with Crippen LogP contribution in [0.2, 0.25) is 0 Å². The molecule has 1 atom stereocenters. The fourth-order valence-corrected chi connectivity index (χ4v) is 1.86. The van der Waals surface area contributed by atoms with Crippen molar-refractivity contribution in [2.45, 2.75) is 18.4 Å². The van der Waals surface area contributed by atoms with E-state index in [0.29, 0.717) is 5.75 Å². The summed E-state index contributed by atoms with van der Waals surface area (Å²) < 4.78 is 10.7. The first-order chi connectivity index (χ1) is 8.18. The normalized spacial score (nSPS) is 18.5. The maximum absolute atomic E-state index is 10.3. The molecule has 17 heavy (non-hydrogen) atoms. The molecule has 3 N–H and O–H groups in total. The van der Waals surface area contributed by atoms with Crippen LogP contribution in [0, 0.1) is 5.92 Å². The summed E-state index contributed by atoms with van der Waals surface area (Å²) in [6.07, 6.45) is 2.07. The number of methoxy groups -OCH3 is 1. The average molecular weight is 237 g/mol. The van der Waals surface area contributed by atoms with Gasteiger partial charge in [0.15, 0.2) is 0 Å². The maximum atomic E-state index is 10.3. The summed E-state index contributed by atoms with van der Waals surface area (Å²) in [6.45, 7) is 0.475.